The van der Waals surface area contributed by atoms with Gasteiger partial charge in [-0.25, -0.2) is 14.5 Å². The average molecular weight is 483 g/mol. The van der Waals surface area contributed by atoms with Crippen LogP contribution in [0.3, 0.4) is 0 Å². The molecule has 2 heterocycles. The first-order valence-electron chi connectivity index (χ1n) is 10.8. The monoisotopic (exact) mass is 482 g/mol. The molecular formula is C24H33F3N4O3. The van der Waals surface area contributed by atoms with Gasteiger partial charge in [0, 0.05) is 17.7 Å². The van der Waals surface area contributed by atoms with Crippen LogP contribution in [0.15, 0.2) is 35.7 Å². The summed E-state index contributed by atoms with van der Waals surface area (Å²) in [5, 5.41) is 16.9. The molecule has 188 valence electrons. The molecule has 0 aromatic carbocycles. The van der Waals surface area contributed by atoms with Gasteiger partial charge in [0.25, 0.3) is 0 Å². The summed E-state index contributed by atoms with van der Waals surface area (Å²) < 4.78 is 46.7. The van der Waals surface area contributed by atoms with Gasteiger partial charge in [0.05, 0.1) is 24.1 Å². The van der Waals surface area contributed by atoms with Crippen LogP contribution in [0.4, 0.5) is 24.7 Å². The predicted octanol–water partition coefficient (Wildman–Crippen LogP) is 6.86. The van der Waals surface area contributed by atoms with Gasteiger partial charge in [-0.05, 0) is 32.4 Å². The number of hydrogen-bond acceptors (Lipinski definition) is 5. The van der Waals surface area contributed by atoms with Gasteiger partial charge in [-0.1, -0.05) is 40.7 Å². The van der Waals surface area contributed by atoms with Crippen molar-refractivity contribution >= 4 is 23.2 Å². The minimum Gasteiger partial charge on any atom is -0.499 e. The minimum absolute atomic E-state index is 0.270. The summed E-state index contributed by atoms with van der Waals surface area (Å²) in [6.07, 6.45) is -2.35. The number of allylic oxidation sites excluding steroid dienone is 4. The van der Waals surface area contributed by atoms with Gasteiger partial charge in [0.15, 0.2) is 5.69 Å². The fourth-order valence-corrected chi connectivity index (χ4v) is 2.86. The maximum Gasteiger partial charge on any atom is 0.417 e. The van der Waals surface area contributed by atoms with Crippen LogP contribution >= 0.6 is 0 Å². The van der Waals surface area contributed by atoms with Crippen LogP contribution in [0.2, 0.25) is 0 Å². The third-order valence-corrected chi connectivity index (χ3v) is 4.82. The van der Waals surface area contributed by atoms with E-state index in [0.717, 1.165) is 11.6 Å². The van der Waals surface area contributed by atoms with E-state index in [1.54, 1.807) is 13.0 Å². The van der Waals surface area contributed by atoms with Gasteiger partial charge in [-0.2, -0.15) is 18.3 Å². The molecule has 0 unspecified atom stereocenters. The molecule has 34 heavy (non-hydrogen) atoms. The Morgan fingerprint density at radius 3 is 2.21 bits per heavy atom. The van der Waals surface area contributed by atoms with E-state index in [2.05, 4.69) is 15.4 Å². The first-order chi connectivity index (χ1) is 15.7. The Morgan fingerprint density at radius 1 is 1.18 bits per heavy atom. The Bertz CT molecular complexity index is 1080. The number of halogens is 3. The number of nitrogens with one attached hydrogen (secondary N) is 1. The van der Waals surface area contributed by atoms with Crippen molar-refractivity contribution in [3.05, 3.63) is 52.7 Å². The molecule has 0 fully saturated rings. The molecule has 0 aliphatic rings. The molecule has 0 saturated heterocycles. The molecular weight excluding hydrogens is 449 g/mol. The van der Waals surface area contributed by atoms with E-state index in [1.807, 2.05) is 54.5 Å². The van der Waals surface area contributed by atoms with Crippen LogP contribution in [-0.4, -0.2) is 33.0 Å². The van der Waals surface area contributed by atoms with Crippen molar-refractivity contribution in [1.82, 2.24) is 14.8 Å². The molecule has 0 amide bonds. The molecule has 7 nitrogen and oxygen atoms in total. The minimum atomic E-state index is -4.68. The van der Waals surface area contributed by atoms with Crippen LogP contribution in [0.25, 0.3) is 5.70 Å². The van der Waals surface area contributed by atoms with Gasteiger partial charge in [0.1, 0.15) is 17.3 Å². The van der Waals surface area contributed by atoms with Gasteiger partial charge >= 0.3 is 12.1 Å². The van der Waals surface area contributed by atoms with Crippen molar-refractivity contribution in [2.75, 3.05) is 12.4 Å². The summed E-state index contributed by atoms with van der Waals surface area (Å²) in [6, 6.07) is 2.39. The van der Waals surface area contributed by atoms with Crippen LogP contribution < -0.4 is 5.32 Å². The van der Waals surface area contributed by atoms with Crippen LogP contribution in [-0.2, 0) is 16.3 Å². The zero-order valence-electron chi connectivity index (χ0n) is 21.0. The number of aromatic carboxylic acids is 1. The van der Waals surface area contributed by atoms with E-state index in [0.29, 0.717) is 23.3 Å². The van der Waals surface area contributed by atoms with Crippen molar-refractivity contribution in [3.8, 4) is 0 Å². The molecule has 2 aromatic heterocycles. The lowest BCUT2D eigenvalue weighted by Gasteiger charge is -2.17. The standard InChI is InChI=1S/C22H27F3N4O3.C2H6/c1-8-12(2)19(13(3)32-7)29-17(10-16(28-29)21(4,5)6)27-15-9-14(22(23,24)25)11-26-18(15)20(30)31;1-2/h8-11,27H,1-7H3,(H,30,31);1-2H3/b12-8-,19-13-;. The number of alkyl halides is 3. The van der Waals surface area contributed by atoms with E-state index in [4.69, 9.17) is 4.74 Å². The van der Waals surface area contributed by atoms with E-state index < -0.39 is 23.4 Å². The smallest absolute Gasteiger partial charge is 0.417 e. The number of methoxy groups -OCH3 is 1. The Hall–Kier alpha value is -3.30. The molecule has 0 radical (unpaired) electrons. The van der Waals surface area contributed by atoms with Crippen molar-refractivity contribution in [3.63, 3.8) is 0 Å². The number of anilines is 2. The Labute approximate surface area is 198 Å². The summed E-state index contributed by atoms with van der Waals surface area (Å²) in [6.45, 7) is 15.2. The summed E-state index contributed by atoms with van der Waals surface area (Å²) in [7, 11) is 1.50. The van der Waals surface area contributed by atoms with Crippen molar-refractivity contribution in [2.45, 2.75) is 67.0 Å². The first kappa shape index (κ1) is 28.7. The number of pyridine rings is 1. The van der Waals surface area contributed by atoms with Gasteiger partial charge < -0.3 is 15.2 Å². The van der Waals surface area contributed by atoms with Crippen molar-refractivity contribution in [2.24, 2.45) is 0 Å². The SMILES string of the molecule is C/C=C(C)\C(=C(/C)OC)n1nc(C(C)(C)C)cc1Nc1cc(C(F)(F)F)cnc1C(=O)O.CC. The lowest BCUT2D eigenvalue weighted by molar-refractivity contribution is -0.137. The Balaban J connectivity index is 0.00000281. The number of carbonyl (C=O) groups is 1. The fourth-order valence-electron chi connectivity index (χ4n) is 2.86. The highest BCUT2D eigenvalue weighted by Crippen LogP contribution is 2.35. The Morgan fingerprint density at radius 2 is 1.76 bits per heavy atom. The predicted molar refractivity (Wildman–Crippen MR) is 127 cm³/mol. The second-order valence-electron chi connectivity index (χ2n) is 8.21. The zero-order valence-corrected chi connectivity index (χ0v) is 21.0. The number of hydrogen-bond donors (Lipinski definition) is 2. The van der Waals surface area contributed by atoms with Crippen LogP contribution in [0.5, 0.6) is 0 Å². The molecule has 0 spiro atoms. The highest BCUT2D eigenvalue weighted by atomic mass is 19.4. The Kier molecular flexibility index (Phi) is 9.48. The molecule has 0 bridgehead atoms. The van der Waals surface area contributed by atoms with Crippen molar-refractivity contribution in [1.29, 1.82) is 0 Å². The molecule has 0 atom stereocenters. The first-order valence-corrected chi connectivity index (χ1v) is 10.8. The lowest BCUT2D eigenvalue weighted by Crippen LogP contribution is -2.14. The third kappa shape index (κ3) is 6.61. The summed E-state index contributed by atoms with van der Waals surface area (Å²) in [5.41, 5.74) is -0.287. The maximum absolute atomic E-state index is 13.2. The summed E-state index contributed by atoms with van der Waals surface area (Å²) in [5.74, 6) is -0.671. The van der Waals surface area contributed by atoms with E-state index >= 15 is 0 Å². The molecule has 0 aliphatic carbocycles. The quantitative estimate of drug-likeness (QED) is 0.345. The van der Waals surface area contributed by atoms with Gasteiger partial charge in [-0.3, -0.25) is 0 Å². The summed E-state index contributed by atoms with van der Waals surface area (Å²) >= 11 is 0. The van der Waals surface area contributed by atoms with E-state index in [9.17, 15) is 23.1 Å². The number of rotatable bonds is 6. The molecule has 0 saturated carbocycles. The second kappa shape index (κ2) is 11.2. The lowest BCUT2D eigenvalue weighted by atomic mass is 9.92. The fraction of sp³-hybridized carbons (Fsp3) is 0.458. The molecule has 2 N–H and O–H groups in total. The topological polar surface area (TPSA) is 89.3 Å². The number of carboxylic acid groups (broad SMARTS) is 1. The maximum atomic E-state index is 13.2. The van der Waals surface area contributed by atoms with E-state index in [-0.39, 0.29) is 16.9 Å². The van der Waals surface area contributed by atoms with Crippen molar-refractivity contribution < 1.29 is 27.8 Å². The van der Waals surface area contributed by atoms with Gasteiger partial charge in [-0.15, -0.1) is 0 Å². The third-order valence-electron chi connectivity index (χ3n) is 4.82. The van der Waals surface area contributed by atoms with Crippen LogP contribution in [0, 0.1) is 0 Å². The molecule has 2 aromatic rings. The highest BCUT2D eigenvalue weighted by Gasteiger charge is 2.33. The molecule has 0 aliphatic heterocycles. The number of aromatic nitrogens is 3. The van der Waals surface area contributed by atoms with E-state index in [1.165, 1.54) is 11.8 Å². The summed E-state index contributed by atoms with van der Waals surface area (Å²) in [4.78, 5) is 15.1. The van der Waals surface area contributed by atoms with Crippen LogP contribution in [0.1, 0.15) is 77.1 Å². The normalized spacial score (nSPS) is 13.0. The number of carboxylic acids is 1. The zero-order chi connectivity index (χ0) is 26.4. The number of nitrogens with zero attached hydrogens (tertiary/aromatic N) is 3. The largest absolute Gasteiger partial charge is 0.499 e. The molecule has 10 heteroatoms. The number of ether oxygens (including phenoxy) is 1. The highest BCUT2D eigenvalue weighted by molar-refractivity contribution is 5.93. The van der Waals surface area contributed by atoms with Gasteiger partial charge in [0.2, 0.25) is 0 Å². The molecule has 2 rings (SSSR count). The average Bonchev–Trinajstić information content (AvgIpc) is 3.17. The second-order valence-corrected chi connectivity index (χ2v) is 8.21.